The van der Waals surface area contributed by atoms with Crippen LogP contribution in [0.25, 0.3) is 0 Å². The number of para-hydroxylation sites is 1. The average molecular weight is 352 g/mol. The maximum absolute atomic E-state index is 12.7. The molecular formula is C19H26F2N2O2. The molecule has 2 aliphatic rings. The Morgan fingerprint density at radius 3 is 2.72 bits per heavy atom. The summed E-state index contributed by atoms with van der Waals surface area (Å²) in [5.41, 5.74) is 1.07. The predicted octanol–water partition coefficient (Wildman–Crippen LogP) is 4.19. The zero-order valence-electron chi connectivity index (χ0n) is 14.6. The molecule has 1 saturated heterocycles. The minimum Gasteiger partial charge on any atom is -0.433 e. The van der Waals surface area contributed by atoms with Crippen molar-refractivity contribution in [2.75, 3.05) is 18.4 Å². The zero-order chi connectivity index (χ0) is 17.8. The highest BCUT2D eigenvalue weighted by atomic mass is 19.3. The van der Waals surface area contributed by atoms with Crippen LogP contribution in [0.1, 0.15) is 44.1 Å². The Morgan fingerprint density at radius 1 is 1.24 bits per heavy atom. The van der Waals surface area contributed by atoms with E-state index in [-0.39, 0.29) is 17.6 Å². The monoisotopic (exact) mass is 352 g/mol. The number of carbonyl (C=O) groups excluding carboxylic acids is 1. The molecule has 0 radical (unpaired) electrons. The number of nitrogens with one attached hydrogen (secondary N) is 1. The fourth-order valence-electron chi connectivity index (χ4n) is 4.00. The first kappa shape index (κ1) is 18.1. The van der Waals surface area contributed by atoms with Crippen LogP contribution in [-0.4, -0.2) is 36.5 Å². The highest BCUT2D eigenvalue weighted by Crippen LogP contribution is 2.32. The molecule has 1 saturated carbocycles. The Morgan fingerprint density at radius 2 is 2.00 bits per heavy atom. The third kappa shape index (κ3) is 4.48. The van der Waals surface area contributed by atoms with Gasteiger partial charge in [0.2, 0.25) is 5.91 Å². The molecule has 1 heterocycles. The Balaban J connectivity index is 1.63. The highest BCUT2D eigenvalue weighted by molar-refractivity contribution is 5.95. The van der Waals surface area contributed by atoms with Crippen LogP contribution in [0.5, 0.6) is 5.75 Å². The lowest BCUT2D eigenvalue weighted by atomic mass is 9.94. The van der Waals surface area contributed by atoms with Crippen molar-refractivity contribution in [3.05, 3.63) is 23.8 Å². The van der Waals surface area contributed by atoms with E-state index < -0.39 is 6.61 Å². The Bertz CT molecular complexity index is 603. The lowest BCUT2D eigenvalue weighted by Gasteiger charge is -2.31. The summed E-state index contributed by atoms with van der Waals surface area (Å²) in [5.74, 6) is -0.182. The summed E-state index contributed by atoms with van der Waals surface area (Å²) < 4.78 is 29.7. The molecule has 1 aliphatic heterocycles. The van der Waals surface area contributed by atoms with Gasteiger partial charge in [-0.2, -0.15) is 8.78 Å². The normalized spacial score (nSPS) is 22.3. The molecule has 4 nitrogen and oxygen atoms in total. The summed E-state index contributed by atoms with van der Waals surface area (Å²) in [7, 11) is 0. The van der Waals surface area contributed by atoms with Gasteiger partial charge in [-0.1, -0.05) is 31.4 Å². The fourth-order valence-corrected chi connectivity index (χ4v) is 4.00. The van der Waals surface area contributed by atoms with Crippen molar-refractivity contribution in [3.8, 4) is 5.75 Å². The van der Waals surface area contributed by atoms with E-state index in [4.69, 9.17) is 0 Å². The van der Waals surface area contributed by atoms with Gasteiger partial charge in [0, 0.05) is 12.6 Å². The van der Waals surface area contributed by atoms with E-state index in [0.29, 0.717) is 17.3 Å². The summed E-state index contributed by atoms with van der Waals surface area (Å²) in [6, 6.07) is 5.47. The van der Waals surface area contributed by atoms with E-state index in [1.54, 1.807) is 19.1 Å². The molecular weight excluding hydrogens is 326 g/mol. The van der Waals surface area contributed by atoms with E-state index >= 15 is 0 Å². The van der Waals surface area contributed by atoms with Gasteiger partial charge in [0.25, 0.3) is 0 Å². The summed E-state index contributed by atoms with van der Waals surface area (Å²) in [6.45, 7) is 0.562. The molecule has 1 atom stereocenters. The lowest BCUT2D eigenvalue weighted by Crippen LogP contribution is -2.36. The van der Waals surface area contributed by atoms with Crippen LogP contribution < -0.4 is 10.1 Å². The largest absolute Gasteiger partial charge is 0.433 e. The number of halogens is 2. The number of likely N-dealkylation sites (tertiary alicyclic amines) is 1. The van der Waals surface area contributed by atoms with Crippen LogP contribution >= 0.6 is 0 Å². The SMILES string of the molecule is Cc1cccc(OC(F)F)c1NC(=O)C1CCN(C2CCCCC2)C1. The molecule has 2 fully saturated rings. The molecule has 1 aromatic rings. The third-order valence-electron chi connectivity index (χ3n) is 5.38. The van der Waals surface area contributed by atoms with Gasteiger partial charge in [-0.3, -0.25) is 9.69 Å². The van der Waals surface area contributed by atoms with Gasteiger partial charge in [0.15, 0.2) is 0 Å². The van der Waals surface area contributed by atoms with Crippen molar-refractivity contribution in [2.24, 2.45) is 5.92 Å². The minimum absolute atomic E-state index is 0.0190. The Kier molecular flexibility index (Phi) is 5.89. The molecule has 0 bridgehead atoms. The van der Waals surface area contributed by atoms with Crippen molar-refractivity contribution in [1.82, 2.24) is 4.90 Å². The number of nitrogens with zero attached hydrogens (tertiary/aromatic N) is 1. The van der Waals surface area contributed by atoms with Crippen LogP contribution in [-0.2, 0) is 4.79 Å². The Labute approximate surface area is 147 Å². The number of hydrogen-bond donors (Lipinski definition) is 1. The molecule has 1 N–H and O–H groups in total. The van der Waals surface area contributed by atoms with Crippen molar-refractivity contribution in [1.29, 1.82) is 0 Å². The number of benzene rings is 1. The van der Waals surface area contributed by atoms with Gasteiger partial charge in [-0.15, -0.1) is 0 Å². The number of anilines is 1. The second-order valence-corrected chi connectivity index (χ2v) is 7.09. The number of aryl methyl sites for hydroxylation is 1. The van der Waals surface area contributed by atoms with Crippen molar-refractivity contribution in [3.63, 3.8) is 0 Å². The molecule has 1 unspecified atom stereocenters. The fraction of sp³-hybridized carbons (Fsp3) is 0.632. The highest BCUT2D eigenvalue weighted by Gasteiger charge is 2.33. The van der Waals surface area contributed by atoms with Gasteiger partial charge in [-0.05, 0) is 44.4 Å². The first-order valence-electron chi connectivity index (χ1n) is 9.14. The van der Waals surface area contributed by atoms with Crippen LogP contribution in [0.4, 0.5) is 14.5 Å². The van der Waals surface area contributed by atoms with Crippen LogP contribution in [0.15, 0.2) is 18.2 Å². The van der Waals surface area contributed by atoms with Gasteiger partial charge in [0.1, 0.15) is 5.75 Å². The first-order valence-corrected chi connectivity index (χ1v) is 9.14. The number of carbonyl (C=O) groups is 1. The van der Waals surface area contributed by atoms with Gasteiger partial charge >= 0.3 is 6.61 Å². The molecule has 0 aromatic heterocycles. The molecule has 6 heteroatoms. The van der Waals surface area contributed by atoms with Gasteiger partial charge in [-0.25, -0.2) is 0 Å². The van der Waals surface area contributed by atoms with E-state index in [2.05, 4.69) is 15.0 Å². The summed E-state index contributed by atoms with van der Waals surface area (Å²) in [5, 5.41) is 2.83. The smallest absolute Gasteiger partial charge is 0.387 e. The maximum atomic E-state index is 12.7. The number of ether oxygens (including phenoxy) is 1. The van der Waals surface area contributed by atoms with E-state index in [0.717, 1.165) is 19.5 Å². The topological polar surface area (TPSA) is 41.6 Å². The number of alkyl halides is 2. The van der Waals surface area contributed by atoms with E-state index in [1.807, 2.05) is 0 Å². The number of amides is 1. The van der Waals surface area contributed by atoms with Crippen molar-refractivity contribution in [2.45, 2.75) is 58.1 Å². The molecule has 1 amide bonds. The molecule has 138 valence electrons. The Hall–Kier alpha value is -1.69. The van der Waals surface area contributed by atoms with Gasteiger partial charge < -0.3 is 10.1 Å². The molecule has 3 rings (SSSR count). The molecule has 1 aliphatic carbocycles. The first-order chi connectivity index (χ1) is 12.0. The van der Waals surface area contributed by atoms with Crippen LogP contribution in [0.3, 0.4) is 0 Å². The van der Waals surface area contributed by atoms with Crippen LogP contribution in [0, 0.1) is 12.8 Å². The summed E-state index contributed by atoms with van der Waals surface area (Å²) in [6.07, 6.45) is 7.12. The summed E-state index contributed by atoms with van der Waals surface area (Å²) >= 11 is 0. The van der Waals surface area contributed by atoms with Crippen LogP contribution in [0.2, 0.25) is 0 Å². The van der Waals surface area contributed by atoms with Crippen molar-refractivity contribution < 1.29 is 18.3 Å². The van der Waals surface area contributed by atoms with E-state index in [1.165, 1.54) is 38.2 Å². The molecule has 0 spiro atoms. The number of rotatable bonds is 5. The third-order valence-corrected chi connectivity index (χ3v) is 5.38. The van der Waals surface area contributed by atoms with Crippen molar-refractivity contribution >= 4 is 11.6 Å². The van der Waals surface area contributed by atoms with Gasteiger partial charge in [0.05, 0.1) is 11.6 Å². The molecule has 1 aromatic carbocycles. The quantitative estimate of drug-likeness (QED) is 0.864. The second kappa shape index (κ2) is 8.13. The standard InChI is InChI=1S/C19H26F2N2O2/c1-13-6-5-9-16(25-19(20)21)17(13)22-18(24)14-10-11-23(12-14)15-7-3-2-4-8-15/h5-6,9,14-15,19H,2-4,7-8,10-12H2,1H3,(H,22,24). The second-order valence-electron chi connectivity index (χ2n) is 7.09. The van der Waals surface area contributed by atoms with E-state index in [9.17, 15) is 13.6 Å². The predicted molar refractivity (Wildman–Crippen MR) is 93.0 cm³/mol. The number of hydrogen-bond acceptors (Lipinski definition) is 3. The minimum atomic E-state index is -2.91. The zero-order valence-corrected chi connectivity index (χ0v) is 14.6. The molecule has 25 heavy (non-hydrogen) atoms. The average Bonchev–Trinajstić information content (AvgIpc) is 3.08. The lowest BCUT2D eigenvalue weighted by molar-refractivity contribution is -0.119. The summed E-state index contributed by atoms with van der Waals surface area (Å²) in [4.78, 5) is 15.1. The maximum Gasteiger partial charge on any atom is 0.387 e.